The Hall–Kier alpha value is -1.07. The van der Waals surface area contributed by atoms with Crippen LogP contribution >= 0.6 is 0 Å². The SMILES string of the molecule is CC(C)(O)C(F)C(C)(O)Cc1ccc(F)cc1F. The van der Waals surface area contributed by atoms with Gasteiger partial charge in [0.15, 0.2) is 6.17 Å². The van der Waals surface area contributed by atoms with Crippen molar-refractivity contribution in [2.75, 3.05) is 0 Å². The average molecular weight is 262 g/mol. The highest BCUT2D eigenvalue weighted by Crippen LogP contribution is 2.28. The summed E-state index contributed by atoms with van der Waals surface area (Å²) in [5, 5.41) is 19.5. The van der Waals surface area contributed by atoms with E-state index in [-0.39, 0.29) is 12.0 Å². The van der Waals surface area contributed by atoms with Crippen molar-refractivity contribution in [2.24, 2.45) is 0 Å². The Balaban J connectivity index is 2.95. The van der Waals surface area contributed by atoms with Crippen molar-refractivity contribution in [1.29, 1.82) is 0 Å². The average Bonchev–Trinajstić information content (AvgIpc) is 2.20. The van der Waals surface area contributed by atoms with Gasteiger partial charge in [-0.2, -0.15) is 0 Å². The van der Waals surface area contributed by atoms with Crippen LogP contribution in [0.5, 0.6) is 0 Å². The van der Waals surface area contributed by atoms with Crippen LogP contribution in [0.4, 0.5) is 13.2 Å². The highest BCUT2D eigenvalue weighted by Gasteiger charge is 2.42. The molecule has 0 aliphatic rings. The summed E-state index contributed by atoms with van der Waals surface area (Å²) >= 11 is 0. The first-order valence-corrected chi connectivity index (χ1v) is 5.57. The monoisotopic (exact) mass is 262 g/mol. The van der Waals surface area contributed by atoms with Crippen LogP contribution in [0, 0.1) is 11.6 Å². The fraction of sp³-hybridized carbons (Fsp3) is 0.538. The van der Waals surface area contributed by atoms with E-state index in [1.54, 1.807) is 0 Å². The predicted molar refractivity (Wildman–Crippen MR) is 61.9 cm³/mol. The maximum Gasteiger partial charge on any atom is 0.157 e. The molecular formula is C13H17F3O2. The van der Waals surface area contributed by atoms with Crippen LogP contribution < -0.4 is 0 Å². The fourth-order valence-corrected chi connectivity index (χ4v) is 1.90. The highest BCUT2D eigenvalue weighted by molar-refractivity contribution is 5.21. The van der Waals surface area contributed by atoms with Gasteiger partial charge in [-0.3, -0.25) is 0 Å². The molecule has 0 aliphatic carbocycles. The Morgan fingerprint density at radius 1 is 1.17 bits per heavy atom. The van der Waals surface area contributed by atoms with Gasteiger partial charge in [-0.15, -0.1) is 0 Å². The highest BCUT2D eigenvalue weighted by atomic mass is 19.1. The van der Waals surface area contributed by atoms with Gasteiger partial charge in [-0.05, 0) is 32.4 Å². The quantitative estimate of drug-likeness (QED) is 0.874. The molecule has 0 aliphatic heterocycles. The molecule has 5 heteroatoms. The van der Waals surface area contributed by atoms with Crippen LogP contribution in [0.25, 0.3) is 0 Å². The first kappa shape index (κ1) is 15.0. The molecule has 1 aromatic rings. The second-order valence-corrected chi connectivity index (χ2v) is 5.29. The maximum absolute atomic E-state index is 13.9. The standard InChI is InChI=1S/C13H17F3O2/c1-12(2,17)11(16)13(3,18)7-8-4-5-9(14)6-10(8)15/h4-6,11,17-18H,7H2,1-3H3. The van der Waals surface area contributed by atoms with E-state index < -0.39 is 29.0 Å². The molecule has 0 heterocycles. The number of alkyl halides is 1. The van der Waals surface area contributed by atoms with Crippen LogP contribution in [-0.2, 0) is 6.42 Å². The molecule has 102 valence electrons. The molecule has 0 amide bonds. The Morgan fingerprint density at radius 2 is 1.72 bits per heavy atom. The van der Waals surface area contributed by atoms with Gasteiger partial charge < -0.3 is 10.2 Å². The summed E-state index contributed by atoms with van der Waals surface area (Å²) in [6.07, 6.45) is -2.32. The summed E-state index contributed by atoms with van der Waals surface area (Å²) in [5.74, 6) is -1.59. The van der Waals surface area contributed by atoms with E-state index in [9.17, 15) is 23.4 Å². The van der Waals surface area contributed by atoms with Crippen LogP contribution in [-0.4, -0.2) is 27.6 Å². The molecule has 0 aromatic heterocycles. The molecular weight excluding hydrogens is 245 g/mol. The molecule has 0 fully saturated rings. The van der Waals surface area contributed by atoms with E-state index in [0.29, 0.717) is 6.07 Å². The zero-order chi connectivity index (χ0) is 14.1. The number of rotatable bonds is 4. The lowest BCUT2D eigenvalue weighted by Gasteiger charge is -2.34. The molecule has 2 N–H and O–H groups in total. The van der Waals surface area contributed by atoms with Crippen molar-refractivity contribution in [2.45, 2.75) is 44.6 Å². The molecule has 0 saturated carbocycles. The molecule has 0 bridgehead atoms. The molecule has 1 aromatic carbocycles. The number of benzene rings is 1. The summed E-state index contributed by atoms with van der Waals surface area (Å²) in [5.41, 5.74) is -3.70. The van der Waals surface area contributed by atoms with Gasteiger partial charge in [0.05, 0.1) is 11.2 Å². The summed E-state index contributed by atoms with van der Waals surface area (Å²) in [6.45, 7) is 3.60. The van der Waals surface area contributed by atoms with Crippen molar-refractivity contribution >= 4 is 0 Å². The molecule has 2 unspecified atom stereocenters. The lowest BCUT2D eigenvalue weighted by molar-refractivity contribution is -0.113. The Morgan fingerprint density at radius 3 is 2.17 bits per heavy atom. The summed E-state index contributed by atoms with van der Waals surface area (Å²) in [7, 11) is 0. The Kier molecular flexibility index (Phi) is 4.08. The van der Waals surface area contributed by atoms with Crippen molar-refractivity contribution in [1.82, 2.24) is 0 Å². The van der Waals surface area contributed by atoms with E-state index in [1.165, 1.54) is 20.8 Å². The second-order valence-electron chi connectivity index (χ2n) is 5.29. The van der Waals surface area contributed by atoms with Crippen molar-refractivity contribution < 1.29 is 23.4 Å². The van der Waals surface area contributed by atoms with Gasteiger partial charge in [-0.1, -0.05) is 6.07 Å². The van der Waals surface area contributed by atoms with Crippen LogP contribution in [0.3, 0.4) is 0 Å². The molecule has 0 radical (unpaired) electrons. The molecule has 2 atom stereocenters. The second kappa shape index (κ2) is 4.90. The van der Waals surface area contributed by atoms with Gasteiger partial charge in [0, 0.05) is 12.5 Å². The van der Waals surface area contributed by atoms with Crippen LogP contribution in [0.1, 0.15) is 26.3 Å². The number of aliphatic hydroxyl groups is 2. The number of hydrogen-bond donors (Lipinski definition) is 2. The summed E-state index contributed by atoms with van der Waals surface area (Å²) in [4.78, 5) is 0. The fourth-order valence-electron chi connectivity index (χ4n) is 1.90. The van der Waals surface area contributed by atoms with E-state index in [2.05, 4.69) is 0 Å². The zero-order valence-corrected chi connectivity index (χ0v) is 10.5. The maximum atomic E-state index is 13.9. The third-order valence-corrected chi connectivity index (χ3v) is 2.73. The first-order valence-electron chi connectivity index (χ1n) is 5.57. The summed E-state index contributed by atoms with van der Waals surface area (Å²) < 4.78 is 40.0. The number of halogens is 3. The normalized spacial score (nSPS) is 17.3. The third kappa shape index (κ3) is 3.46. The van der Waals surface area contributed by atoms with Gasteiger partial charge in [-0.25, -0.2) is 13.2 Å². The van der Waals surface area contributed by atoms with E-state index >= 15 is 0 Å². The number of hydrogen-bond acceptors (Lipinski definition) is 2. The lowest BCUT2D eigenvalue weighted by atomic mass is 9.84. The molecule has 18 heavy (non-hydrogen) atoms. The van der Waals surface area contributed by atoms with Gasteiger partial charge in [0.25, 0.3) is 0 Å². The predicted octanol–water partition coefficient (Wildman–Crippen LogP) is 2.37. The molecule has 2 nitrogen and oxygen atoms in total. The summed E-state index contributed by atoms with van der Waals surface area (Å²) in [6, 6.07) is 2.85. The third-order valence-electron chi connectivity index (χ3n) is 2.73. The van der Waals surface area contributed by atoms with E-state index in [0.717, 1.165) is 12.1 Å². The van der Waals surface area contributed by atoms with Gasteiger partial charge in [0.2, 0.25) is 0 Å². The van der Waals surface area contributed by atoms with Crippen molar-refractivity contribution in [3.8, 4) is 0 Å². The van der Waals surface area contributed by atoms with E-state index in [4.69, 9.17) is 0 Å². The topological polar surface area (TPSA) is 40.5 Å². The minimum absolute atomic E-state index is 0.00620. The molecule has 0 saturated heterocycles. The Bertz CT molecular complexity index is 425. The van der Waals surface area contributed by atoms with Gasteiger partial charge >= 0.3 is 0 Å². The molecule has 1 rings (SSSR count). The first-order chi connectivity index (χ1) is 8.04. The molecule has 0 spiro atoms. The largest absolute Gasteiger partial charge is 0.387 e. The minimum Gasteiger partial charge on any atom is -0.387 e. The smallest absolute Gasteiger partial charge is 0.157 e. The van der Waals surface area contributed by atoms with E-state index in [1.807, 2.05) is 0 Å². The van der Waals surface area contributed by atoms with Crippen molar-refractivity contribution in [3.05, 3.63) is 35.4 Å². The zero-order valence-electron chi connectivity index (χ0n) is 10.5. The van der Waals surface area contributed by atoms with Crippen LogP contribution in [0.15, 0.2) is 18.2 Å². The Labute approximate surface area is 104 Å². The lowest BCUT2D eigenvalue weighted by Crippen LogP contribution is -2.50. The minimum atomic E-state index is -1.96. The van der Waals surface area contributed by atoms with Gasteiger partial charge in [0.1, 0.15) is 11.6 Å². The van der Waals surface area contributed by atoms with Crippen LogP contribution in [0.2, 0.25) is 0 Å². The van der Waals surface area contributed by atoms with Crippen molar-refractivity contribution in [3.63, 3.8) is 0 Å².